The summed E-state index contributed by atoms with van der Waals surface area (Å²) in [5, 5.41) is 3.59. The summed E-state index contributed by atoms with van der Waals surface area (Å²) in [6, 6.07) is 5.17. The van der Waals surface area contributed by atoms with E-state index in [-0.39, 0.29) is 17.5 Å². The van der Waals surface area contributed by atoms with Gasteiger partial charge >= 0.3 is 0 Å². The first kappa shape index (κ1) is 16.3. The van der Waals surface area contributed by atoms with Gasteiger partial charge in [-0.25, -0.2) is 4.39 Å². The van der Waals surface area contributed by atoms with Crippen LogP contribution in [0, 0.1) is 11.7 Å². The maximum absolute atomic E-state index is 13.5. The van der Waals surface area contributed by atoms with E-state index in [9.17, 15) is 4.39 Å². The molecule has 0 saturated carbocycles. The lowest BCUT2D eigenvalue weighted by Crippen LogP contribution is -2.42. The van der Waals surface area contributed by atoms with Crippen LogP contribution in [-0.2, 0) is 0 Å². The Kier molecular flexibility index (Phi) is 5.26. The minimum Gasteiger partial charge on any atom is -0.487 e. The van der Waals surface area contributed by atoms with Crippen LogP contribution in [0.15, 0.2) is 18.2 Å². The molecule has 2 unspecified atom stereocenters. The van der Waals surface area contributed by atoms with E-state index in [1.807, 2.05) is 6.07 Å². The number of halogens is 1. The molecule has 118 valence electrons. The highest BCUT2D eigenvalue weighted by Gasteiger charge is 2.37. The number of nitrogens with one attached hydrogen (secondary N) is 1. The third kappa shape index (κ3) is 4.19. The first-order valence-electron chi connectivity index (χ1n) is 8.15. The third-order valence-electron chi connectivity index (χ3n) is 4.23. The summed E-state index contributed by atoms with van der Waals surface area (Å²) in [5.41, 5.74) is 0.878. The van der Waals surface area contributed by atoms with Gasteiger partial charge in [0, 0.05) is 24.1 Å². The van der Waals surface area contributed by atoms with Crippen LogP contribution in [0.25, 0.3) is 0 Å². The van der Waals surface area contributed by atoms with Crippen LogP contribution in [0.3, 0.4) is 0 Å². The maximum atomic E-state index is 13.5. The van der Waals surface area contributed by atoms with Crippen molar-refractivity contribution in [3.8, 4) is 5.75 Å². The summed E-state index contributed by atoms with van der Waals surface area (Å²) in [6.07, 6.45) is 4.17. The molecular weight excluding hydrogens is 265 g/mol. The Balaban J connectivity index is 2.22. The van der Waals surface area contributed by atoms with Crippen LogP contribution in [0.2, 0.25) is 0 Å². The number of ether oxygens (including phenoxy) is 1. The van der Waals surface area contributed by atoms with E-state index in [0.717, 1.165) is 37.8 Å². The Bertz CT molecular complexity index is 474. The van der Waals surface area contributed by atoms with E-state index in [1.54, 1.807) is 0 Å². The van der Waals surface area contributed by atoms with Crippen molar-refractivity contribution >= 4 is 0 Å². The number of benzene rings is 1. The molecule has 1 aromatic carbocycles. The summed E-state index contributed by atoms with van der Waals surface area (Å²) in [4.78, 5) is 0. The molecule has 1 heterocycles. The summed E-state index contributed by atoms with van der Waals surface area (Å²) in [7, 11) is 0. The monoisotopic (exact) mass is 293 g/mol. The first-order valence-corrected chi connectivity index (χ1v) is 8.15. The topological polar surface area (TPSA) is 21.3 Å². The molecule has 0 fully saturated rings. The van der Waals surface area contributed by atoms with Gasteiger partial charge < -0.3 is 10.1 Å². The van der Waals surface area contributed by atoms with Crippen LogP contribution in [-0.4, -0.2) is 12.1 Å². The van der Waals surface area contributed by atoms with Gasteiger partial charge in [0.1, 0.15) is 17.2 Å². The van der Waals surface area contributed by atoms with Gasteiger partial charge in [-0.15, -0.1) is 0 Å². The predicted molar refractivity (Wildman–Crippen MR) is 85.2 cm³/mol. The molecule has 1 N–H and O–H groups in total. The summed E-state index contributed by atoms with van der Waals surface area (Å²) < 4.78 is 19.7. The highest BCUT2D eigenvalue weighted by Crippen LogP contribution is 2.42. The normalized spacial score (nSPS) is 24.8. The van der Waals surface area contributed by atoms with E-state index < -0.39 is 0 Å². The number of hydrogen-bond acceptors (Lipinski definition) is 2. The summed E-state index contributed by atoms with van der Waals surface area (Å²) in [5.74, 6) is 1.14. The second kappa shape index (κ2) is 6.78. The van der Waals surface area contributed by atoms with Crippen LogP contribution >= 0.6 is 0 Å². The molecule has 0 aromatic heterocycles. The lowest BCUT2D eigenvalue weighted by atomic mass is 9.84. The molecule has 1 aromatic rings. The molecule has 0 saturated heterocycles. The molecule has 0 spiro atoms. The largest absolute Gasteiger partial charge is 0.487 e. The van der Waals surface area contributed by atoms with Gasteiger partial charge in [0.25, 0.3) is 0 Å². The van der Waals surface area contributed by atoms with Crippen molar-refractivity contribution in [3.63, 3.8) is 0 Å². The molecule has 21 heavy (non-hydrogen) atoms. The molecule has 0 radical (unpaired) electrons. The smallest absolute Gasteiger partial charge is 0.127 e. The maximum Gasteiger partial charge on any atom is 0.127 e. The number of hydrogen-bond donors (Lipinski definition) is 1. The average molecular weight is 293 g/mol. The van der Waals surface area contributed by atoms with Gasteiger partial charge in [-0.05, 0) is 44.7 Å². The van der Waals surface area contributed by atoms with Crippen molar-refractivity contribution in [1.82, 2.24) is 5.32 Å². The SMILES string of the molecule is CCCNC1CC(C)(CCC(C)C)Oc2cc(F)ccc21. The molecule has 0 bridgehead atoms. The molecule has 0 aliphatic carbocycles. The molecule has 1 aliphatic heterocycles. The zero-order chi connectivity index (χ0) is 15.5. The number of fused-ring (bicyclic) bond motifs is 1. The van der Waals surface area contributed by atoms with E-state index in [1.165, 1.54) is 12.1 Å². The highest BCUT2D eigenvalue weighted by molar-refractivity contribution is 5.39. The van der Waals surface area contributed by atoms with E-state index in [4.69, 9.17) is 4.74 Å². The Morgan fingerprint density at radius 1 is 1.43 bits per heavy atom. The molecule has 2 atom stereocenters. The van der Waals surface area contributed by atoms with Gasteiger partial charge in [-0.3, -0.25) is 0 Å². The van der Waals surface area contributed by atoms with Crippen LogP contribution in [0.5, 0.6) is 5.75 Å². The van der Waals surface area contributed by atoms with Crippen molar-refractivity contribution in [2.45, 2.75) is 65.0 Å². The Hall–Kier alpha value is -1.09. The van der Waals surface area contributed by atoms with Crippen LogP contribution < -0.4 is 10.1 Å². The van der Waals surface area contributed by atoms with E-state index in [0.29, 0.717) is 11.7 Å². The number of rotatable bonds is 6. The first-order chi connectivity index (χ1) is 9.93. The van der Waals surface area contributed by atoms with Gasteiger partial charge in [-0.2, -0.15) is 0 Å². The summed E-state index contributed by atoms with van der Waals surface area (Å²) in [6.45, 7) is 9.75. The lowest BCUT2D eigenvalue weighted by molar-refractivity contribution is 0.0345. The Labute approximate surface area is 128 Å². The fraction of sp³-hybridized carbons (Fsp3) is 0.667. The molecular formula is C18H28FNO. The fourth-order valence-electron chi connectivity index (χ4n) is 2.98. The second-order valence-electron chi connectivity index (χ2n) is 6.88. The molecule has 2 rings (SSSR count). The van der Waals surface area contributed by atoms with Crippen LogP contribution in [0.4, 0.5) is 4.39 Å². The second-order valence-corrected chi connectivity index (χ2v) is 6.88. The third-order valence-corrected chi connectivity index (χ3v) is 4.23. The van der Waals surface area contributed by atoms with Crippen molar-refractivity contribution in [2.24, 2.45) is 5.92 Å². The average Bonchev–Trinajstić information content (AvgIpc) is 2.42. The van der Waals surface area contributed by atoms with Crippen molar-refractivity contribution < 1.29 is 9.13 Å². The molecule has 2 nitrogen and oxygen atoms in total. The van der Waals surface area contributed by atoms with Crippen LogP contribution in [0.1, 0.15) is 65.0 Å². The Morgan fingerprint density at radius 2 is 2.19 bits per heavy atom. The standard InChI is InChI=1S/C18H28FNO/c1-5-10-20-16-12-18(4,9-8-13(2)3)21-17-11-14(19)6-7-15(16)17/h6-7,11,13,16,20H,5,8-10,12H2,1-4H3. The zero-order valence-corrected chi connectivity index (χ0v) is 13.7. The predicted octanol–water partition coefficient (Wildman–Crippen LogP) is 4.84. The molecule has 3 heteroatoms. The van der Waals surface area contributed by atoms with Gasteiger partial charge in [0.05, 0.1) is 0 Å². The Morgan fingerprint density at radius 3 is 2.86 bits per heavy atom. The lowest BCUT2D eigenvalue weighted by Gasteiger charge is -2.41. The molecule has 0 amide bonds. The molecule has 1 aliphatic rings. The van der Waals surface area contributed by atoms with Gasteiger partial charge in [0.2, 0.25) is 0 Å². The van der Waals surface area contributed by atoms with Gasteiger partial charge in [-0.1, -0.05) is 26.8 Å². The van der Waals surface area contributed by atoms with E-state index >= 15 is 0 Å². The van der Waals surface area contributed by atoms with E-state index in [2.05, 4.69) is 33.0 Å². The minimum atomic E-state index is -0.226. The summed E-state index contributed by atoms with van der Waals surface area (Å²) >= 11 is 0. The van der Waals surface area contributed by atoms with Crippen molar-refractivity contribution in [1.29, 1.82) is 0 Å². The fourth-order valence-corrected chi connectivity index (χ4v) is 2.98. The zero-order valence-electron chi connectivity index (χ0n) is 13.7. The van der Waals surface area contributed by atoms with Crippen molar-refractivity contribution in [2.75, 3.05) is 6.54 Å². The minimum absolute atomic E-state index is 0.212. The quantitative estimate of drug-likeness (QED) is 0.810. The highest BCUT2D eigenvalue weighted by atomic mass is 19.1. The van der Waals surface area contributed by atoms with Gasteiger partial charge in [0.15, 0.2) is 0 Å². The van der Waals surface area contributed by atoms with Crippen molar-refractivity contribution in [3.05, 3.63) is 29.6 Å².